The van der Waals surface area contributed by atoms with E-state index in [1.165, 1.54) is 38.0 Å². The van der Waals surface area contributed by atoms with E-state index < -0.39 is 0 Å². The van der Waals surface area contributed by atoms with Crippen molar-refractivity contribution in [2.45, 2.75) is 26.3 Å². The van der Waals surface area contributed by atoms with Crippen LogP contribution in [-0.4, -0.2) is 36.1 Å². The van der Waals surface area contributed by atoms with Crippen LogP contribution in [0.5, 0.6) is 0 Å². The maximum absolute atomic E-state index is 4.18. The fraction of sp³-hybridized carbons (Fsp3) is 0.643. The third kappa shape index (κ3) is 4.34. The zero-order chi connectivity index (χ0) is 12.8. The maximum Gasteiger partial charge on any atom is 0.0410 e. The number of nitrogens with one attached hydrogen (secondary N) is 1. The SMILES string of the molecule is CCN1CCC(CNCc2cncc(Br)c2)CC1. The number of rotatable bonds is 5. The highest BCUT2D eigenvalue weighted by Crippen LogP contribution is 2.16. The number of aromatic nitrogens is 1. The van der Waals surface area contributed by atoms with Gasteiger partial charge in [0.1, 0.15) is 0 Å². The summed E-state index contributed by atoms with van der Waals surface area (Å²) in [7, 11) is 0. The van der Waals surface area contributed by atoms with Gasteiger partial charge in [0, 0.05) is 23.4 Å². The Morgan fingerprint density at radius 1 is 1.39 bits per heavy atom. The zero-order valence-electron chi connectivity index (χ0n) is 11.0. The molecule has 0 atom stereocenters. The Kier molecular flexibility index (Phi) is 5.60. The highest BCUT2D eigenvalue weighted by molar-refractivity contribution is 9.10. The molecule has 2 rings (SSSR count). The third-order valence-electron chi connectivity index (χ3n) is 3.68. The Morgan fingerprint density at radius 3 is 2.83 bits per heavy atom. The van der Waals surface area contributed by atoms with Crippen molar-refractivity contribution in [1.29, 1.82) is 0 Å². The average molecular weight is 312 g/mol. The lowest BCUT2D eigenvalue weighted by atomic mass is 9.97. The lowest BCUT2D eigenvalue weighted by Gasteiger charge is -2.31. The summed E-state index contributed by atoms with van der Waals surface area (Å²) < 4.78 is 1.05. The second-order valence-electron chi connectivity index (χ2n) is 5.02. The van der Waals surface area contributed by atoms with Crippen LogP contribution in [0, 0.1) is 5.92 Å². The predicted octanol–water partition coefficient (Wildman–Crippen LogP) is 2.67. The monoisotopic (exact) mass is 311 g/mol. The van der Waals surface area contributed by atoms with Crippen LogP contribution in [0.4, 0.5) is 0 Å². The molecule has 1 aliphatic heterocycles. The predicted molar refractivity (Wildman–Crippen MR) is 78.5 cm³/mol. The van der Waals surface area contributed by atoms with Crippen LogP contribution in [0.2, 0.25) is 0 Å². The van der Waals surface area contributed by atoms with Crippen LogP contribution in [0.3, 0.4) is 0 Å². The molecule has 18 heavy (non-hydrogen) atoms. The molecule has 0 radical (unpaired) electrons. The fourth-order valence-corrected chi connectivity index (χ4v) is 2.89. The Hall–Kier alpha value is -0.450. The maximum atomic E-state index is 4.18. The Bertz CT molecular complexity index is 362. The topological polar surface area (TPSA) is 28.2 Å². The summed E-state index contributed by atoms with van der Waals surface area (Å²) in [6.45, 7) is 8.02. The normalized spacial score (nSPS) is 18.1. The van der Waals surface area contributed by atoms with E-state index >= 15 is 0 Å². The summed E-state index contributed by atoms with van der Waals surface area (Å²) in [5, 5.41) is 3.55. The van der Waals surface area contributed by atoms with Gasteiger partial charge in [0.2, 0.25) is 0 Å². The molecule has 0 saturated carbocycles. The number of halogens is 1. The van der Waals surface area contributed by atoms with E-state index in [1.54, 1.807) is 0 Å². The standard InChI is InChI=1S/C14H22BrN3/c1-2-18-5-3-12(4-6-18)8-16-9-13-7-14(15)11-17-10-13/h7,10-12,16H,2-6,8-9H2,1H3. The minimum absolute atomic E-state index is 0.841. The van der Waals surface area contributed by atoms with E-state index in [0.29, 0.717) is 0 Å². The summed E-state index contributed by atoms with van der Waals surface area (Å²) in [4.78, 5) is 6.71. The zero-order valence-corrected chi connectivity index (χ0v) is 12.6. The van der Waals surface area contributed by atoms with Gasteiger partial charge in [-0.1, -0.05) is 6.92 Å². The smallest absolute Gasteiger partial charge is 0.0410 e. The van der Waals surface area contributed by atoms with Crippen LogP contribution in [0.25, 0.3) is 0 Å². The molecule has 1 aromatic rings. The minimum Gasteiger partial charge on any atom is -0.312 e. The first kappa shape index (κ1) is 14.0. The van der Waals surface area contributed by atoms with Gasteiger partial charge in [0.15, 0.2) is 0 Å². The van der Waals surface area contributed by atoms with Crippen molar-refractivity contribution in [3.63, 3.8) is 0 Å². The molecule has 0 aliphatic carbocycles. The van der Waals surface area contributed by atoms with E-state index in [4.69, 9.17) is 0 Å². The van der Waals surface area contributed by atoms with Gasteiger partial charge in [0.05, 0.1) is 0 Å². The van der Waals surface area contributed by atoms with Crippen molar-refractivity contribution in [1.82, 2.24) is 15.2 Å². The van der Waals surface area contributed by atoms with Crippen LogP contribution in [-0.2, 0) is 6.54 Å². The Balaban J connectivity index is 1.67. The van der Waals surface area contributed by atoms with Crippen LogP contribution >= 0.6 is 15.9 Å². The number of piperidine rings is 1. The van der Waals surface area contributed by atoms with Gasteiger partial charge in [-0.05, 0) is 72.5 Å². The molecule has 0 unspecified atom stereocenters. The Labute approximate surface area is 118 Å². The molecule has 1 aliphatic rings. The molecule has 1 saturated heterocycles. The van der Waals surface area contributed by atoms with Crippen LogP contribution in [0.15, 0.2) is 22.9 Å². The van der Waals surface area contributed by atoms with Crippen LogP contribution < -0.4 is 5.32 Å². The summed E-state index contributed by atoms with van der Waals surface area (Å²) in [6, 6.07) is 2.12. The van der Waals surface area contributed by atoms with E-state index in [1.807, 2.05) is 12.4 Å². The molecule has 4 heteroatoms. The van der Waals surface area contributed by atoms with Crippen molar-refractivity contribution >= 4 is 15.9 Å². The molecule has 1 aromatic heterocycles. The molecule has 100 valence electrons. The molecular weight excluding hydrogens is 290 g/mol. The first-order valence-corrected chi connectivity index (χ1v) is 7.59. The molecule has 1 fully saturated rings. The summed E-state index contributed by atoms with van der Waals surface area (Å²) in [5.41, 5.74) is 1.25. The third-order valence-corrected chi connectivity index (χ3v) is 4.11. The van der Waals surface area contributed by atoms with Gasteiger partial charge in [-0.3, -0.25) is 4.98 Å². The van der Waals surface area contributed by atoms with Gasteiger partial charge in [0.25, 0.3) is 0 Å². The first-order valence-electron chi connectivity index (χ1n) is 6.80. The summed E-state index contributed by atoms with van der Waals surface area (Å²) in [5.74, 6) is 0.841. The van der Waals surface area contributed by atoms with Gasteiger partial charge in [-0.2, -0.15) is 0 Å². The Morgan fingerprint density at radius 2 is 2.17 bits per heavy atom. The molecule has 2 heterocycles. The minimum atomic E-state index is 0.841. The molecule has 0 bridgehead atoms. The van der Waals surface area contributed by atoms with Crippen LogP contribution in [0.1, 0.15) is 25.3 Å². The lowest BCUT2D eigenvalue weighted by Crippen LogP contribution is -2.36. The number of hydrogen-bond acceptors (Lipinski definition) is 3. The number of pyridine rings is 1. The molecule has 0 spiro atoms. The average Bonchev–Trinajstić information content (AvgIpc) is 2.40. The van der Waals surface area contributed by atoms with Crippen molar-refractivity contribution in [2.75, 3.05) is 26.2 Å². The van der Waals surface area contributed by atoms with Crippen molar-refractivity contribution in [3.05, 3.63) is 28.5 Å². The second kappa shape index (κ2) is 7.22. The van der Waals surface area contributed by atoms with Gasteiger partial charge in [-0.15, -0.1) is 0 Å². The molecule has 3 nitrogen and oxygen atoms in total. The number of likely N-dealkylation sites (tertiary alicyclic amines) is 1. The van der Waals surface area contributed by atoms with Gasteiger partial charge < -0.3 is 10.2 Å². The molecule has 1 N–H and O–H groups in total. The van der Waals surface area contributed by atoms with Crippen molar-refractivity contribution < 1.29 is 0 Å². The van der Waals surface area contributed by atoms with E-state index in [0.717, 1.165) is 23.5 Å². The van der Waals surface area contributed by atoms with E-state index in [9.17, 15) is 0 Å². The van der Waals surface area contributed by atoms with Crippen molar-refractivity contribution in [3.8, 4) is 0 Å². The highest BCUT2D eigenvalue weighted by Gasteiger charge is 2.17. The summed E-state index contributed by atoms with van der Waals surface area (Å²) >= 11 is 3.45. The molecular formula is C14H22BrN3. The quantitative estimate of drug-likeness (QED) is 0.906. The summed E-state index contributed by atoms with van der Waals surface area (Å²) in [6.07, 6.45) is 6.41. The molecule has 0 amide bonds. The fourth-order valence-electron chi connectivity index (χ4n) is 2.48. The second-order valence-corrected chi connectivity index (χ2v) is 5.94. The first-order chi connectivity index (χ1) is 8.78. The lowest BCUT2D eigenvalue weighted by molar-refractivity contribution is 0.190. The number of hydrogen-bond donors (Lipinski definition) is 1. The van der Waals surface area contributed by atoms with E-state index in [2.05, 4.69) is 44.1 Å². The number of nitrogens with zero attached hydrogens (tertiary/aromatic N) is 2. The van der Waals surface area contributed by atoms with Gasteiger partial charge >= 0.3 is 0 Å². The van der Waals surface area contributed by atoms with Crippen molar-refractivity contribution in [2.24, 2.45) is 5.92 Å². The largest absolute Gasteiger partial charge is 0.312 e. The highest BCUT2D eigenvalue weighted by atomic mass is 79.9. The van der Waals surface area contributed by atoms with Gasteiger partial charge in [-0.25, -0.2) is 0 Å². The van der Waals surface area contributed by atoms with E-state index in [-0.39, 0.29) is 0 Å². The molecule has 0 aromatic carbocycles.